The van der Waals surface area contributed by atoms with Gasteiger partial charge >= 0.3 is 0 Å². The standard InChI is InChI=1S/C57H36N4O/c1-4-16-39(17-5-1)53-54(40-18-6-2-7-19-40)60-61-51(35-43-22-10-11-25-45(43)55(53)61)38-32-30-37(31-33-38)49-36-50(59-57(58-49)41-20-8-3-9-21-41)44-24-14-23-42(34-44)46-27-15-28-48-47-26-12-13-29-52(47)62-56(46)48/h1-36H. The lowest BCUT2D eigenvalue weighted by Gasteiger charge is -2.12. The van der Waals surface area contributed by atoms with Crippen LogP contribution < -0.4 is 0 Å². The minimum absolute atomic E-state index is 0.668. The monoisotopic (exact) mass is 792 g/mol. The van der Waals surface area contributed by atoms with Gasteiger partial charge in [0.1, 0.15) is 16.9 Å². The average molecular weight is 793 g/mol. The number of para-hydroxylation sites is 2. The number of benzene rings is 8. The molecule has 62 heavy (non-hydrogen) atoms. The van der Waals surface area contributed by atoms with Crippen molar-refractivity contribution in [2.45, 2.75) is 0 Å². The van der Waals surface area contributed by atoms with Gasteiger partial charge in [-0.2, -0.15) is 5.10 Å². The summed E-state index contributed by atoms with van der Waals surface area (Å²) in [5.41, 5.74) is 15.9. The van der Waals surface area contributed by atoms with Crippen molar-refractivity contribution in [3.05, 3.63) is 218 Å². The topological polar surface area (TPSA) is 56.2 Å². The molecule has 0 radical (unpaired) electrons. The molecule has 4 heterocycles. The number of hydrogen-bond donors (Lipinski definition) is 0. The Labute approximate surface area is 357 Å². The smallest absolute Gasteiger partial charge is 0.160 e. The van der Waals surface area contributed by atoms with Gasteiger partial charge in [0.2, 0.25) is 0 Å². The zero-order chi connectivity index (χ0) is 41.0. The van der Waals surface area contributed by atoms with Crippen LogP contribution in [0.4, 0.5) is 0 Å². The van der Waals surface area contributed by atoms with Gasteiger partial charge < -0.3 is 4.42 Å². The maximum Gasteiger partial charge on any atom is 0.160 e. The molecule has 0 aliphatic rings. The molecule has 0 saturated carbocycles. The van der Waals surface area contributed by atoms with Crippen molar-refractivity contribution in [3.8, 4) is 78.7 Å². The predicted octanol–water partition coefficient (Wildman–Crippen LogP) is 14.8. The van der Waals surface area contributed by atoms with E-state index in [1.165, 1.54) is 0 Å². The Balaban J connectivity index is 0.992. The van der Waals surface area contributed by atoms with E-state index in [1.54, 1.807) is 0 Å². The summed E-state index contributed by atoms with van der Waals surface area (Å²) in [5.74, 6) is 0.668. The number of nitrogens with zero attached hydrogens (tertiary/aromatic N) is 4. The largest absolute Gasteiger partial charge is 0.455 e. The van der Waals surface area contributed by atoms with E-state index in [2.05, 4.69) is 193 Å². The fraction of sp³-hybridized carbons (Fsp3) is 0. The van der Waals surface area contributed by atoms with Crippen molar-refractivity contribution in [3.63, 3.8) is 0 Å². The summed E-state index contributed by atoms with van der Waals surface area (Å²) in [7, 11) is 0. The summed E-state index contributed by atoms with van der Waals surface area (Å²) in [4.78, 5) is 10.4. The molecular weight excluding hydrogens is 757 g/mol. The van der Waals surface area contributed by atoms with Gasteiger partial charge in [0.05, 0.1) is 22.6 Å². The maximum absolute atomic E-state index is 6.44. The van der Waals surface area contributed by atoms with E-state index in [-0.39, 0.29) is 0 Å². The van der Waals surface area contributed by atoms with Crippen LogP contribution in [0.1, 0.15) is 0 Å². The molecule has 0 aliphatic carbocycles. The third kappa shape index (κ3) is 6.06. The Hall–Kier alpha value is -8.41. The van der Waals surface area contributed by atoms with E-state index in [0.29, 0.717) is 5.82 Å². The number of aromatic nitrogens is 4. The summed E-state index contributed by atoms with van der Waals surface area (Å²) in [6.07, 6.45) is 0. The molecule has 0 N–H and O–H groups in total. The summed E-state index contributed by atoms with van der Waals surface area (Å²) >= 11 is 0. The molecular formula is C57H36N4O. The van der Waals surface area contributed by atoms with Crippen LogP contribution in [0.3, 0.4) is 0 Å². The lowest BCUT2D eigenvalue weighted by Crippen LogP contribution is -1.97. The highest BCUT2D eigenvalue weighted by molar-refractivity contribution is 6.10. The SMILES string of the molecule is c1ccc(-c2nc(-c3ccc(-c4cc5ccccc5c5c(-c6ccccc6)c(-c6ccccc6)nn45)cc3)cc(-c3cccc(-c4cccc5c4oc4ccccc45)c3)n2)cc1. The van der Waals surface area contributed by atoms with Crippen molar-refractivity contribution in [2.75, 3.05) is 0 Å². The highest BCUT2D eigenvalue weighted by atomic mass is 16.3. The van der Waals surface area contributed by atoms with E-state index in [0.717, 1.165) is 111 Å². The third-order valence-corrected chi connectivity index (χ3v) is 11.8. The quantitative estimate of drug-likeness (QED) is 0.161. The van der Waals surface area contributed by atoms with Crippen LogP contribution in [0.25, 0.3) is 117 Å². The minimum atomic E-state index is 0.668. The van der Waals surface area contributed by atoms with Gasteiger partial charge in [-0.25, -0.2) is 14.5 Å². The van der Waals surface area contributed by atoms with Crippen LogP contribution in [-0.4, -0.2) is 19.6 Å². The number of pyridine rings is 1. The van der Waals surface area contributed by atoms with Gasteiger partial charge in [0.15, 0.2) is 5.82 Å². The second-order valence-electron chi connectivity index (χ2n) is 15.6. The molecule has 12 aromatic rings. The minimum Gasteiger partial charge on any atom is -0.455 e. The van der Waals surface area contributed by atoms with Gasteiger partial charge in [-0.3, -0.25) is 0 Å². The molecule has 0 unspecified atom stereocenters. The molecule has 290 valence electrons. The normalized spacial score (nSPS) is 11.5. The predicted molar refractivity (Wildman–Crippen MR) is 254 cm³/mol. The van der Waals surface area contributed by atoms with Crippen molar-refractivity contribution in [1.29, 1.82) is 0 Å². The van der Waals surface area contributed by atoms with Crippen molar-refractivity contribution in [2.24, 2.45) is 0 Å². The number of hydrogen-bond acceptors (Lipinski definition) is 4. The van der Waals surface area contributed by atoms with E-state index >= 15 is 0 Å². The molecule has 0 amide bonds. The molecule has 0 bridgehead atoms. The zero-order valence-corrected chi connectivity index (χ0v) is 33.5. The highest BCUT2D eigenvalue weighted by Gasteiger charge is 2.22. The number of rotatable bonds is 7. The first-order valence-corrected chi connectivity index (χ1v) is 20.9. The van der Waals surface area contributed by atoms with Gasteiger partial charge in [0.25, 0.3) is 0 Å². The molecule has 0 spiro atoms. The molecule has 0 saturated heterocycles. The highest BCUT2D eigenvalue weighted by Crippen LogP contribution is 2.42. The van der Waals surface area contributed by atoms with Crippen LogP contribution in [0.15, 0.2) is 223 Å². The average Bonchev–Trinajstić information content (AvgIpc) is 3.95. The Bertz CT molecular complexity index is 3610. The van der Waals surface area contributed by atoms with Crippen LogP contribution in [0.5, 0.6) is 0 Å². The van der Waals surface area contributed by atoms with Gasteiger partial charge in [-0.15, -0.1) is 0 Å². The number of fused-ring (bicyclic) bond motifs is 6. The molecule has 8 aromatic carbocycles. The van der Waals surface area contributed by atoms with Crippen LogP contribution in [0.2, 0.25) is 0 Å². The lowest BCUT2D eigenvalue weighted by atomic mass is 9.96. The second-order valence-corrected chi connectivity index (χ2v) is 15.6. The zero-order valence-electron chi connectivity index (χ0n) is 33.5. The van der Waals surface area contributed by atoms with Crippen LogP contribution in [-0.2, 0) is 0 Å². The third-order valence-electron chi connectivity index (χ3n) is 11.8. The Morgan fingerprint density at radius 1 is 0.387 bits per heavy atom. The fourth-order valence-corrected chi connectivity index (χ4v) is 8.86. The van der Waals surface area contributed by atoms with Crippen LogP contribution >= 0.6 is 0 Å². The first kappa shape index (κ1) is 35.5. The summed E-state index contributed by atoms with van der Waals surface area (Å²) in [5, 5.41) is 9.93. The molecule has 12 rings (SSSR count). The molecule has 0 aliphatic heterocycles. The molecule has 0 atom stereocenters. The van der Waals surface area contributed by atoms with Crippen molar-refractivity contribution < 1.29 is 4.42 Å². The van der Waals surface area contributed by atoms with Crippen molar-refractivity contribution >= 4 is 38.2 Å². The summed E-state index contributed by atoms with van der Waals surface area (Å²) in [6, 6.07) is 76.1. The molecule has 5 heteroatoms. The number of furan rings is 1. The fourth-order valence-electron chi connectivity index (χ4n) is 8.86. The van der Waals surface area contributed by atoms with E-state index in [9.17, 15) is 0 Å². The Kier molecular flexibility index (Phi) is 8.42. The summed E-state index contributed by atoms with van der Waals surface area (Å²) < 4.78 is 8.58. The molecule has 4 aromatic heterocycles. The van der Waals surface area contributed by atoms with Gasteiger partial charge in [0, 0.05) is 55.1 Å². The molecule has 5 nitrogen and oxygen atoms in total. The van der Waals surface area contributed by atoms with Crippen molar-refractivity contribution in [1.82, 2.24) is 19.6 Å². The van der Waals surface area contributed by atoms with E-state index in [4.69, 9.17) is 19.5 Å². The first-order chi connectivity index (χ1) is 30.7. The summed E-state index contributed by atoms with van der Waals surface area (Å²) in [6.45, 7) is 0. The van der Waals surface area contributed by atoms with Crippen LogP contribution in [0, 0.1) is 0 Å². The Morgan fingerprint density at radius 3 is 1.74 bits per heavy atom. The Morgan fingerprint density at radius 2 is 0.968 bits per heavy atom. The lowest BCUT2D eigenvalue weighted by molar-refractivity contribution is 0.670. The van der Waals surface area contributed by atoms with Gasteiger partial charge in [-0.1, -0.05) is 194 Å². The maximum atomic E-state index is 6.44. The second kappa shape index (κ2) is 14.7. The first-order valence-electron chi connectivity index (χ1n) is 20.9. The van der Waals surface area contributed by atoms with E-state index < -0.39 is 0 Å². The van der Waals surface area contributed by atoms with E-state index in [1.807, 2.05) is 30.3 Å². The molecule has 0 fully saturated rings. The van der Waals surface area contributed by atoms with Gasteiger partial charge in [-0.05, 0) is 40.8 Å².